The minimum absolute atomic E-state index is 0.0785. The number of aromatic nitrogens is 4. The Balaban J connectivity index is 1.14. The molecule has 2 aliphatic heterocycles. The highest BCUT2D eigenvalue weighted by Crippen LogP contribution is 2.28. The summed E-state index contributed by atoms with van der Waals surface area (Å²) in [4.78, 5) is 51.4. The molecule has 0 bridgehead atoms. The Morgan fingerprint density at radius 3 is 2.50 bits per heavy atom. The third kappa shape index (κ3) is 4.47. The van der Waals surface area contributed by atoms with Crippen LogP contribution in [0.15, 0.2) is 53.6 Å². The van der Waals surface area contributed by atoms with Crippen molar-refractivity contribution in [2.24, 2.45) is 14.1 Å². The van der Waals surface area contributed by atoms with Gasteiger partial charge in [-0.3, -0.25) is 13.9 Å². The molecule has 6 rings (SSSR count). The summed E-state index contributed by atoms with van der Waals surface area (Å²) >= 11 is 0. The van der Waals surface area contributed by atoms with E-state index in [1.165, 1.54) is 10.9 Å². The quantitative estimate of drug-likeness (QED) is 0.387. The zero-order valence-electron chi connectivity index (χ0n) is 22.8. The van der Waals surface area contributed by atoms with Crippen LogP contribution in [0.4, 0.5) is 16.3 Å². The van der Waals surface area contributed by atoms with Gasteiger partial charge in [0.15, 0.2) is 0 Å². The van der Waals surface area contributed by atoms with Crippen LogP contribution in [0.25, 0.3) is 11.0 Å². The van der Waals surface area contributed by atoms with Gasteiger partial charge >= 0.3 is 11.7 Å². The first-order valence-electron chi connectivity index (χ1n) is 13.4. The number of amides is 2. The molecule has 1 saturated heterocycles. The molecular formula is C29H31N7O4. The van der Waals surface area contributed by atoms with Crippen molar-refractivity contribution in [3.8, 4) is 5.75 Å². The molecule has 0 atom stereocenters. The normalized spacial score (nSPS) is 16.0. The number of carbonyl (C=O) groups excluding carboxylic acids is 2. The van der Waals surface area contributed by atoms with E-state index in [2.05, 4.69) is 20.2 Å². The molecule has 0 aliphatic carbocycles. The molecule has 0 spiro atoms. The highest BCUT2D eigenvalue weighted by molar-refractivity contribution is 6.09. The number of rotatable bonds is 5. The lowest BCUT2D eigenvalue weighted by Gasteiger charge is -2.38. The minimum atomic E-state index is -0.228. The number of hydrogen-bond acceptors (Lipinski definition) is 7. The Kier molecular flexibility index (Phi) is 6.49. The van der Waals surface area contributed by atoms with Crippen molar-refractivity contribution in [1.82, 2.24) is 24.0 Å². The Morgan fingerprint density at radius 2 is 1.73 bits per heavy atom. The second-order valence-electron chi connectivity index (χ2n) is 10.3. The molecule has 4 aromatic rings. The fourth-order valence-electron chi connectivity index (χ4n) is 5.75. The highest BCUT2D eigenvalue weighted by Gasteiger charge is 2.31. The van der Waals surface area contributed by atoms with E-state index in [1.54, 1.807) is 50.0 Å². The van der Waals surface area contributed by atoms with Crippen molar-refractivity contribution >= 4 is 34.4 Å². The van der Waals surface area contributed by atoms with Crippen LogP contribution >= 0.6 is 0 Å². The maximum absolute atomic E-state index is 13.3. The van der Waals surface area contributed by atoms with Gasteiger partial charge < -0.3 is 19.9 Å². The Bertz CT molecular complexity index is 1680. The molecule has 11 heteroatoms. The van der Waals surface area contributed by atoms with Crippen LogP contribution < -0.4 is 20.6 Å². The molecule has 2 amide bonds. The van der Waals surface area contributed by atoms with E-state index in [9.17, 15) is 14.4 Å². The van der Waals surface area contributed by atoms with Crippen LogP contribution in [0, 0.1) is 0 Å². The number of carbonyl (C=O) groups is 2. The number of ether oxygens (including phenoxy) is 1. The molecule has 40 heavy (non-hydrogen) atoms. The number of anilines is 2. The van der Waals surface area contributed by atoms with Crippen molar-refractivity contribution in [2.75, 3.05) is 37.0 Å². The van der Waals surface area contributed by atoms with Crippen LogP contribution in [0.3, 0.4) is 0 Å². The Morgan fingerprint density at radius 1 is 0.950 bits per heavy atom. The van der Waals surface area contributed by atoms with Crippen molar-refractivity contribution < 1.29 is 14.3 Å². The van der Waals surface area contributed by atoms with Crippen LogP contribution in [0.1, 0.15) is 34.5 Å². The molecule has 0 saturated carbocycles. The SMILES string of the molecule is COc1ccc2c(c1)CCN(C1CCN(c3cc(C(=O)c4ccc5c(c4)n(C)c(=O)n5C)ncn3)CC1)C(=O)N2. The number of nitrogens with zero attached hydrogens (tertiary/aromatic N) is 6. The maximum atomic E-state index is 13.3. The summed E-state index contributed by atoms with van der Waals surface area (Å²) in [5.74, 6) is 1.24. The number of imidazole rings is 1. The van der Waals surface area contributed by atoms with E-state index < -0.39 is 0 Å². The van der Waals surface area contributed by atoms with E-state index in [0.29, 0.717) is 42.2 Å². The van der Waals surface area contributed by atoms with Crippen molar-refractivity contribution in [2.45, 2.75) is 25.3 Å². The van der Waals surface area contributed by atoms with Crippen LogP contribution in [-0.2, 0) is 20.5 Å². The average Bonchev–Trinajstić information content (AvgIpc) is 3.10. The van der Waals surface area contributed by atoms with Gasteiger partial charge in [-0.15, -0.1) is 0 Å². The molecular weight excluding hydrogens is 510 g/mol. The summed E-state index contributed by atoms with van der Waals surface area (Å²) in [6.45, 7) is 2.05. The van der Waals surface area contributed by atoms with E-state index in [1.807, 2.05) is 23.1 Å². The van der Waals surface area contributed by atoms with Crippen LogP contribution in [0.5, 0.6) is 5.75 Å². The smallest absolute Gasteiger partial charge is 0.328 e. The number of fused-ring (bicyclic) bond motifs is 2. The summed E-state index contributed by atoms with van der Waals surface area (Å²) in [5.41, 5.74) is 3.97. The summed E-state index contributed by atoms with van der Waals surface area (Å²) in [5, 5.41) is 3.06. The largest absolute Gasteiger partial charge is 0.497 e. The molecule has 1 N–H and O–H groups in total. The summed E-state index contributed by atoms with van der Waals surface area (Å²) in [7, 11) is 5.04. The third-order valence-corrected chi connectivity index (χ3v) is 8.09. The van der Waals surface area contributed by atoms with Gasteiger partial charge in [0.25, 0.3) is 0 Å². The van der Waals surface area contributed by atoms with Gasteiger partial charge in [0.2, 0.25) is 5.78 Å². The molecule has 0 radical (unpaired) electrons. The molecule has 2 aromatic heterocycles. The number of nitrogens with one attached hydrogen (secondary N) is 1. The molecule has 11 nitrogen and oxygen atoms in total. The highest BCUT2D eigenvalue weighted by atomic mass is 16.5. The minimum Gasteiger partial charge on any atom is -0.497 e. The zero-order valence-corrected chi connectivity index (χ0v) is 22.8. The first kappa shape index (κ1) is 25.6. The van der Waals surface area contributed by atoms with Crippen molar-refractivity contribution in [3.63, 3.8) is 0 Å². The number of ketones is 1. The van der Waals surface area contributed by atoms with Crippen molar-refractivity contribution in [3.05, 3.63) is 76.1 Å². The average molecular weight is 542 g/mol. The fourth-order valence-corrected chi connectivity index (χ4v) is 5.75. The summed E-state index contributed by atoms with van der Waals surface area (Å²) in [6.07, 6.45) is 3.75. The van der Waals surface area contributed by atoms with E-state index in [0.717, 1.165) is 41.8 Å². The molecule has 0 unspecified atom stereocenters. The second-order valence-corrected chi connectivity index (χ2v) is 10.3. The number of methoxy groups -OCH3 is 1. The third-order valence-electron chi connectivity index (χ3n) is 8.09. The van der Waals surface area contributed by atoms with Crippen LogP contribution in [-0.4, -0.2) is 68.6 Å². The maximum Gasteiger partial charge on any atom is 0.328 e. The lowest BCUT2D eigenvalue weighted by molar-refractivity contribution is 0.103. The van der Waals surface area contributed by atoms with E-state index in [-0.39, 0.29) is 23.5 Å². The molecule has 4 heterocycles. The van der Waals surface area contributed by atoms with Crippen molar-refractivity contribution in [1.29, 1.82) is 0 Å². The number of benzene rings is 2. The molecule has 2 aliphatic rings. The lowest BCUT2D eigenvalue weighted by Crippen LogP contribution is -2.49. The zero-order chi connectivity index (χ0) is 28.0. The van der Waals surface area contributed by atoms with Gasteiger partial charge in [-0.2, -0.15) is 0 Å². The van der Waals surface area contributed by atoms with E-state index in [4.69, 9.17) is 4.74 Å². The topological polar surface area (TPSA) is 115 Å². The standard InChI is InChI=1S/C29H31N7O4/c1-33-24-7-4-19(15-25(24)34(2)29(33)39)27(37)23-16-26(31-17-30-23)35-11-9-20(10-12-35)36-13-8-18-14-21(40-3)5-6-22(18)32-28(36)38/h4-7,14-17,20H,8-13H2,1-3H3,(H,32,38). The number of urea groups is 1. The van der Waals surface area contributed by atoms with Gasteiger partial charge in [-0.05, 0) is 61.2 Å². The van der Waals surface area contributed by atoms with Gasteiger partial charge in [-0.25, -0.2) is 19.6 Å². The summed E-state index contributed by atoms with van der Waals surface area (Å²) in [6, 6.07) is 12.7. The molecule has 206 valence electrons. The first-order chi connectivity index (χ1) is 19.3. The monoisotopic (exact) mass is 541 g/mol. The Labute approximate surface area is 231 Å². The number of aryl methyl sites for hydroxylation is 2. The second kappa shape index (κ2) is 10.1. The van der Waals surface area contributed by atoms with Gasteiger partial charge in [0, 0.05) is 57.1 Å². The van der Waals surface area contributed by atoms with Crippen LogP contribution in [0.2, 0.25) is 0 Å². The van der Waals surface area contributed by atoms with Gasteiger partial charge in [0.1, 0.15) is 23.6 Å². The van der Waals surface area contributed by atoms with Gasteiger partial charge in [0.05, 0.1) is 18.1 Å². The predicted octanol–water partition coefficient (Wildman–Crippen LogP) is 2.97. The summed E-state index contributed by atoms with van der Waals surface area (Å²) < 4.78 is 8.43. The predicted molar refractivity (Wildman–Crippen MR) is 151 cm³/mol. The number of hydrogen-bond donors (Lipinski definition) is 1. The van der Waals surface area contributed by atoms with Gasteiger partial charge in [-0.1, -0.05) is 0 Å². The first-order valence-corrected chi connectivity index (χ1v) is 13.4. The lowest BCUT2D eigenvalue weighted by atomic mass is 10.0. The van der Waals surface area contributed by atoms with E-state index >= 15 is 0 Å². The Hall–Kier alpha value is -4.67. The fraction of sp³-hybridized carbons (Fsp3) is 0.345. The molecule has 1 fully saturated rings. The number of piperidine rings is 1. The molecule has 2 aromatic carbocycles.